The molecule has 0 aliphatic carbocycles. The first kappa shape index (κ1) is 17.8. The minimum atomic E-state index is -4.17. The van der Waals surface area contributed by atoms with E-state index in [1.54, 1.807) is 0 Å². The number of rotatable bonds is 3. The van der Waals surface area contributed by atoms with Crippen molar-refractivity contribution in [2.24, 2.45) is 0 Å². The predicted molar refractivity (Wildman–Crippen MR) is 68.3 cm³/mol. The van der Waals surface area contributed by atoms with Gasteiger partial charge in [-0.3, -0.25) is 4.55 Å². The van der Waals surface area contributed by atoms with E-state index in [1.807, 2.05) is 0 Å². The third kappa shape index (κ3) is 7.98. The van der Waals surface area contributed by atoms with Gasteiger partial charge in [-0.15, -0.1) is 0 Å². The molecule has 0 spiro atoms. The Morgan fingerprint density at radius 1 is 1.22 bits per heavy atom. The summed E-state index contributed by atoms with van der Waals surface area (Å²) in [5, 5.41) is 0. The summed E-state index contributed by atoms with van der Waals surface area (Å²) in [7, 11) is -4.73. The molecular formula is C9H22NO6S2+. The lowest BCUT2D eigenvalue weighted by molar-refractivity contribution is -0.904. The Balaban J connectivity index is 0.000000360. The van der Waals surface area contributed by atoms with E-state index in [0.29, 0.717) is 11.5 Å². The van der Waals surface area contributed by atoms with Crippen LogP contribution in [0.25, 0.3) is 0 Å². The quantitative estimate of drug-likeness (QED) is 0.568. The normalized spacial score (nSPS) is 21.8. The second kappa shape index (κ2) is 6.80. The van der Waals surface area contributed by atoms with Crippen molar-refractivity contribution in [3.63, 3.8) is 0 Å². The lowest BCUT2D eigenvalue weighted by Crippen LogP contribution is -2.53. The lowest BCUT2D eigenvalue weighted by atomic mass is 10.4. The average molecular weight is 304 g/mol. The first-order chi connectivity index (χ1) is 8.04. The van der Waals surface area contributed by atoms with Crippen molar-refractivity contribution in [1.82, 2.24) is 0 Å². The molecule has 0 saturated carbocycles. The van der Waals surface area contributed by atoms with Crippen LogP contribution in [0.5, 0.6) is 0 Å². The molecule has 1 N–H and O–H groups in total. The van der Waals surface area contributed by atoms with Gasteiger partial charge in [-0.2, -0.15) is 8.42 Å². The number of quaternary nitrogens is 1. The molecule has 0 bridgehead atoms. The molecule has 9 heteroatoms. The van der Waals surface area contributed by atoms with Gasteiger partial charge in [0.15, 0.2) is 9.84 Å². The summed E-state index contributed by atoms with van der Waals surface area (Å²) >= 11 is 0. The predicted octanol–water partition coefficient (Wildman–Crippen LogP) is -0.293. The van der Waals surface area contributed by atoms with Gasteiger partial charge < -0.3 is 4.48 Å². The van der Waals surface area contributed by atoms with Crippen LogP contribution in [0.3, 0.4) is 0 Å². The van der Waals surface area contributed by atoms with E-state index in [4.69, 9.17) is 4.55 Å². The van der Waals surface area contributed by atoms with E-state index >= 15 is 0 Å². The molecule has 0 aromatic carbocycles. The van der Waals surface area contributed by atoms with Crippen LogP contribution in [-0.2, 0) is 24.4 Å². The van der Waals surface area contributed by atoms with Gasteiger partial charge in [-0.25, -0.2) is 12.6 Å². The maximum absolute atomic E-state index is 11.0. The zero-order valence-electron chi connectivity index (χ0n) is 11.0. The molecule has 1 rings (SSSR count). The summed E-state index contributed by atoms with van der Waals surface area (Å²) in [5.41, 5.74) is 0. The Kier molecular flexibility index (Phi) is 6.72. The van der Waals surface area contributed by atoms with Gasteiger partial charge in [0.2, 0.25) is 0 Å². The minimum Gasteiger partial charge on any atom is -0.325 e. The number of hydrogen-bond acceptors (Lipinski definition) is 5. The Hall–Kier alpha value is -0.220. The maximum atomic E-state index is 11.0. The fourth-order valence-electron chi connectivity index (χ4n) is 1.40. The van der Waals surface area contributed by atoms with Crippen LogP contribution in [0.1, 0.15) is 13.8 Å². The topological polar surface area (TPSA) is 97.7 Å². The van der Waals surface area contributed by atoms with Crippen LogP contribution in [0.2, 0.25) is 0 Å². The smallest absolute Gasteiger partial charge is 0.325 e. The molecule has 0 amide bonds. The zero-order chi connectivity index (χ0) is 14.4. The number of sulfone groups is 1. The maximum Gasteiger partial charge on any atom is 0.397 e. The van der Waals surface area contributed by atoms with Gasteiger partial charge in [0.1, 0.15) is 0 Å². The van der Waals surface area contributed by atoms with Gasteiger partial charge in [0.25, 0.3) is 0 Å². The highest BCUT2D eigenvalue weighted by Crippen LogP contribution is 2.10. The summed E-state index contributed by atoms with van der Waals surface area (Å²) < 4.78 is 53.7. The van der Waals surface area contributed by atoms with Gasteiger partial charge in [0, 0.05) is 0 Å². The summed E-state index contributed by atoms with van der Waals surface area (Å²) in [6.45, 7) is 6.16. The molecule has 1 aliphatic heterocycles. The Labute approximate surface area is 109 Å². The van der Waals surface area contributed by atoms with Crippen LogP contribution < -0.4 is 0 Å². The number of hydrogen-bond donors (Lipinski definition) is 1. The minimum absolute atomic E-state index is 0.0289. The van der Waals surface area contributed by atoms with E-state index in [-0.39, 0.29) is 6.61 Å². The zero-order valence-corrected chi connectivity index (χ0v) is 12.6. The van der Waals surface area contributed by atoms with Gasteiger partial charge in [-0.05, 0) is 13.8 Å². The molecule has 0 aromatic rings. The highest BCUT2D eigenvalue weighted by atomic mass is 32.3. The Morgan fingerprint density at radius 3 is 1.89 bits per heavy atom. The van der Waals surface area contributed by atoms with Crippen LogP contribution in [0, 0.1) is 0 Å². The first-order valence-corrected chi connectivity index (χ1v) is 8.88. The Bertz CT molecular complexity index is 428. The van der Waals surface area contributed by atoms with Crippen molar-refractivity contribution in [3.8, 4) is 0 Å². The molecule has 1 heterocycles. The van der Waals surface area contributed by atoms with Crippen LogP contribution in [0.4, 0.5) is 0 Å². The van der Waals surface area contributed by atoms with Gasteiger partial charge in [0.05, 0.1) is 44.8 Å². The molecule has 0 unspecified atom stereocenters. The van der Waals surface area contributed by atoms with Crippen molar-refractivity contribution in [3.05, 3.63) is 0 Å². The molecule has 7 nitrogen and oxygen atoms in total. The summed E-state index contributed by atoms with van der Waals surface area (Å²) in [4.78, 5) is 0. The fraction of sp³-hybridized carbons (Fsp3) is 1.00. The van der Waals surface area contributed by atoms with Crippen molar-refractivity contribution in [2.75, 3.05) is 44.8 Å². The summed E-state index contributed by atoms with van der Waals surface area (Å²) in [5.74, 6) is 0.745. The molecule has 110 valence electrons. The van der Waals surface area contributed by atoms with E-state index in [1.165, 1.54) is 6.92 Å². The van der Waals surface area contributed by atoms with E-state index in [2.05, 4.69) is 18.2 Å². The standard InChI is InChI=1S/C7H16NO2S.C2H6O4S/c1-3-8(2)4-6-11(9,10)7-5-8;1-2-6-7(3,4)5/h3-7H2,1-2H3;2H2,1H3,(H,3,4,5)/q+1;. The SMILES string of the molecule is CCOS(=O)(=O)O.CC[N+]1(C)CCS(=O)(=O)CC1. The van der Waals surface area contributed by atoms with Crippen molar-refractivity contribution in [1.29, 1.82) is 0 Å². The monoisotopic (exact) mass is 304 g/mol. The molecule has 1 aliphatic rings. The van der Waals surface area contributed by atoms with Crippen molar-refractivity contribution < 1.29 is 30.1 Å². The molecular weight excluding hydrogens is 282 g/mol. The third-order valence-electron chi connectivity index (χ3n) is 2.91. The number of nitrogens with zero attached hydrogens (tertiary/aromatic N) is 1. The molecule has 1 fully saturated rings. The highest BCUT2D eigenvalue weighted by Gasteiger charge is 2.30. The average Bonchev–Trinajstić information content (AvgIpc) is 2.22. The third-order valence-corrected chi connectivity index (χ3v) is 5.06. The molecule has 0 atom stereocenters. The van der Waals surface area contributed by atoms with E-state index in [0.717, 1.165) is 24.1 Å². The van der Waals surface area contributed by atoms with Crippen molar-refractivity contribution in [2.45, 2.75) is 13.8 Å². The lowest BCUT2D eigenvalue weighted by Gasteiger charge is -2.36. The van der Waals surface area contributed by atoms with E-state index < -0.39 is 20.2 Å². The highest BCUT2D eigenvalue weighted by molar-refractivity contribution is 7.91. The largest absolute Gasteiger partial charge is 0.397 e. The van der Waals surface area contributed by atoms with Crippen LogP contribution in [0.15, 0.2) is 0 Å². The molecule has 1 saturated heterocycles. The fourth-order valence-corrected chi connectivity index (χ4v) is 3.34. The second-order valence-electron chi connectivity index (χ2n) is 4.37. The Morgan fingerprint density at radius 2 is 1.67 bits per heavy atom. The van der Waals surface area contributed by atoms with Crippen molar-refractivity contribution >= 4 is 20.2 Å². The molecule has 18 heavy (non-hydrogen) atoms. The molecule has 0 radical (unpaired) electrons. The van der Waals surface area contributed by atoms with Gasteiger partial charge >= 0.3 is 10.4 Å². The van der Waals surface area contributed by atoms with Crippen LogP contribution >= 0.6 is 0 Å². The summed E-state index contributed by atoms with van der Waals surface area (Å²) in [6, 6.07) is 0. The second-order valence-corrected chi connectivity index (χ2v) is 7.76. The van der Waals surface area contributed by atoms with E-state index in [9.17, 15) is 16.8 Å². The first-order valence-electron chi connectivity index (χ1n) is 5.69. The van der Waals surface area contributed by atoms with Crippen LogP contribution in [-0.4, -0.2) is 70.7 Å². The molecule has 0 aromatic heterocycles. The summed E-state index contributed by atoms with van der Waals surface area (Å²) in [6.07, 6.45) is 0. The van der Waals surface area contributed by atoms with Gasteiger partial charge in [-0.1, -0.05) is 0 Å².